The van der Waals surface area contributed by atoms with Gasteiger partial charge in [-0.15, -0.1) is 0 Å². The lowest BCUT2D eigenvalue weighted by Gasteiger charge is -2.06. The highest BCUT2D eigenvalue weighted by Crippen LogP contribution is 2.29. The van der Waals surface area contributed by atoms with Crippen LogP contribution in [-0.2, 0) is 4.74 Å². The summed E-state index contributed by atoms with van der Waals surface area (Å²) in [5.41, 5.74) is 0.643. The molecule has 86 valence electrons. The molecule has 4 nitrogen and oxygen atoms in total. The van der Waals surface area contributed by atoms with Gasteiger partial charge in [0.2, 0.25) is 5.78 Å². The fourth-order valence-electron chi connectivity index (χ4n) is 1.56. The van der Waals surface area contributed by atoms with Crippen molar-refractivity contribution in [2.24, 2.45) is 0 Å². The highest BCUT2D eigenvalue weighted by Gasteiger charge is 2.21. The molecule has 0 bridgehead atoms. The number of ketones is 1. The SMILES string of the molecule is COCCCOc1ccc2c(c1)OCC2=O. The third-order valence-electron chi connectivity index (χ3n) is 2.37. The van der Waals surface area contributed by atoms with E-state index in [0.717, 1.165) is 12.2 Å². The summed E-state index contributed by atoms with van der Waals surface area (Å²) in [7, 11) is 1.66. The number of rotatable bonds is 5. The molecule has 0 radical (unpaired) electrons. The molecular formula is C12H14O4. The molecule has 1 aromatic carbocycles. The summed E-state index contributed by atoms with van der Waals surface area (Å²) in [6.45, 7) is 1.42. The zero-order valence-electron chi connectivity index (χ0n) is 9.19. The average Bonchev–Trinajstić information content (AvgIpc) is 2.66. The Morgan fingerprint density at radius 3 is 3.06 bits per heavy atom. The Bertz CT molecular complexity index is 387. The van der Waals surface area contributed by atoms with E-state index in [-0.39, 0.29) is 12.4 Å². The average molecular weight is 222 g/mol. The summed E-state index contributed by atoms with van der Waals surface area (Å²) in [6, 6.07) is 5.29. The van der Waals surface area contributed by atoms with Gasteiger partial charge in [0.05, 0.1) is 12.2 Å². The van der Waals surface area contributed by atoms with E-state index in [1.807, 2.05) is 0 Å². The van der Waals surface area contributed by atoms with Gasteiger partial charge in [-0.2, -0.15) is 0 Å². The van der Waals surface area contributed by atoms with E-state index in [0.29, 0.717) is 24.5 Å². The minimum atomic E-state index is 0.0286. The monoisotopic (exact) mass is 222 g/mol. The van der Waals surface area contributed by atoms with Crippen molar-refractivity contribution >= 4 is 5.78 Å². The number of Topliss-reactive ketones (excluding diaryl/α,β-unsaturated/α-hetero) is 1. The number of carbonyl (C=O) groups is 1. The van der Waals surface area contributed by atoms with E-state index in [9.17, 15) is 4.79 Å². The summed E-state index contributed by atoms with van der Waals surface area (Å²) in [6.07, 6.45) is 0.841. The molecule has 0 N–H and O–H groups in total. The van der Waals surface area contributed by atoms with Crippen molar-refractivity contribution in [3.05, 3.63) is 23.8 Å². The van der Waals surface area contributed by atoms with Crippen LogP contribution >= 0.6 is 0 Å². The van der Waals surface area contributed by atoms with Gasteiger partial charge >= 0.3 is 0 Å². The van der Waals surface area contributed by atoms with Crippen LogP contribution in [0.1, 0.15) is 16.8 Å². The molecule has 1 aromatic rings. The van der Waals surface area contributed by atoms with Crippen molar-refractivity contribution in [1.29, 1.82) is 0 Å². The topological polar surface area (TPSA) is 44.8 Å². The summed E-state index contributed by atoms with van der Waals surface area (Å²) in [5.74, 6) is 1.37. The van der Waals surface area contributed by atoms with Gasteiger partial charge in [0.15, 0.2) is 6.61 Å². The van der Waals surface area contributed by atoms with E-state index >= 15 is 0 Å². The van der Waals surface area contributed by atoms with E-state index < -0.39 is 0 Å². The minimum absolute atomic E-state index is 0.0286. The van der Waals surface area contributed by atoms with Crippen LogP contribution in [0.2, 0.25) is 0 Å². The van der Waals surface area contributed by atoms with E-state index in [1.54, 1.807) is 25.3 Å². The van der Waals surface area contributed by atoms with Crippen LogP contribution in [0.15, 0.2) is 18.2 Å². The molecule has 0 aliphatic carbocycles. The Kier molecular flexibility index (Phi) is 3.41. The predicted molar refractivity (Wildman–Crippen MR) is 58.3 cm³/mol. The summed E-state index contributed by atoms with van der Waals surface area (Å²) in [5, 5.41) is 0. The maximum absolute atomic E-state index is 11.3. The second kappa shape index (κ2) is 4.99. The molecule has 0 unspecified atom stereocenters. The minimum Gasteiger partial charge on any atom is -0.493 e. The summed E-state index contributed by atoms with van der Waals surface area (Å²) >= 11 is 0. The van der Waals surface area contributed by atoms with Gasteiger partial charge in [-0.05, 0) is 12.1 Å². The predicted octanol–water partition coefficient (Wildman–Crippen LogP) is 1.68. The van der Waals surface area contributed by atoms with Crippen LogP contribution < -0.4 is 9.47 Å². The maximum Gasteiger partial charge on any atom is 0.203 e. The second-order valence-corrected chi connectivity index (χ2v) is 3.56. The molecule has 1 aliphatic rings. The van der Waals surface area contributed by atoms with Crippen molar-refractivity contribution in [3.63, 3.8) is 0 Å². The first-order valence-corrected chi connectivity index (χ1v) is 5.23. The molecule has 2 rings (SSSR count). The molecule has 4 heteroatoms. The fourth-order valence-corrected chi connectivity index (χ4v) is 1.56. The van der Waals surface area contributed by atoms with Crippen LogP contribution in [-0.4, -0.2) is 32.7 Å². The van der Waals surface area contributed by atoms with Gasteiger partial charge in [-0.1, -0.05) is 0 Å². The molecule has 1 aliphatic heterocycles. The van der Waals surface area contributed by atoms with E-state index in [1.165, 1.54) is 0 Å². The van der Waals surface area contributed by atoms with E-state index in [2.05, 4.69) is 0 Å². The van der Waals surface area contributed by atoms with Crippen LogP contribution in [0.3, 0.4) is 0 Å². The highest BCUT2D eigenvalue weighted by atomic mass is 16.5. The third kappa shape index (κ3) is 2.33. The lowest BCUT2D eigenvalue weighted by atomic mass is 10.1. The van der Waals surface area contributed by atoms with Crippen molar-refractivity contribution in [1.82, 2.24) is 0 Å². The number of fused-ring (bicyclic) bond motifs is 1. The lowest BCUT2D eigenvalue weighted by Crippen LogP contribution is -2.01. The molecule has 0 amide bonds. The lowest BCUT2D eigenvalue weighted by molar-refractivity contribution is 0.0961. The molecule has 0 saturated heterocycles. The first kappa shape index (κ1) is 11.0. The Morgan fingerprint density at radius 1 is 1.38 bits per heavy atom. The van der Waals surface area contributed by atoms with Gasteiger partial charge in [-0.25, -0.2) is 0 Å². The number of benzene rings is 1. The second-order valence-electron chi connectivity index (χ2n) is 3.56. The zero-order chi connectivity index (χ0) is 11.4. The third-order valence-corrected chi connectivity index (χ3v) is 2.37. The molecule has 0 spiro atoms. The standard InChI is InChI=1S/C12H14O4/c1-14-5-2-6-15-9-3-4-10-11(13)8-16-12(10)7-9/h3-4,7H,2,5-6,8H2,1H3. The highest BCUT2D eigenvalue weighted by molar-refractivity contribution is 6.02. The fraction of sp³-hybridized carbons (Fsp3) is 0.417. The van der Waals surface area contributed by atoms with Crippen LogP contribution in [0.5, 0.6) is 11.5 Å². The van der Waals surface area contributed by atoms with Gasteiger partial charge in [0.1, 0.15) is 11.5 Å². The Balaban J connectivity index is 1.94. The van der Waals surface area contributed by atoms with Crippen LogP contribution in [0, 0.1) is 0 Å². The smallest absolute Gasteiger partial charge is 0.203 e. The Morgan fingerprint density at radius 2 is 2.25 bits per heavy atom. The molecule has 16 heavy (non-hydrogen) atoms. The molecule has 0 fully saturated rings. The molecule has 0 saturated carbocycles. The first-order chi connectivity index (χ1) is 7.81. The van der Waals surface area contributed by atoms with Crippen LogP contribution in [0.25, 0.3) is 0 Å². The van der Waals surface area contributed by atoms with Crippen LogP contribution in [0.4, 0.5) is 0 Å². The number of methoxy groups -OCH3 is 1. The largest absolute Gasteiger partial charge is 0.493 e. The quantitative estimate of drug-likeness (QED) is 0.711. The molecule has 1 heterocycles. The first-order valence-electron chi connectivity index (χ1n) is 5.23. The Hall–Kier alpha value is -1.55. The van der Waals surface area contributed by atoms with Gasteiger partial charge < -0.3 is 14.2 Å². The zero-order valence-corrected chi connectivity index (χ0v) is 9.19. The van der Waals surface area contributed by atoms with Crippen molar-refractivity contribution < 1.29 is 19.0 Å². The summed E-state index contributed by atoms with van der Waals surface area (Å²) in [4.78, 5) is 11.3. The number of hydrogen-bond acceptors (Lipinski definition) is 4. The van der Waals surface area contributed by atoms with Gasteiger partial charge in [0, 0.05) is 26.2 Å². The maximum atomic E-state index is 11.3. The van der Waals surface area contributed by atoms with E-state index in [4.69, 9.17) is 14.2 Å². The Labute approximate surface area is 94.1 Å². The molecular weight excluding hydrogens is 208 g/mol. The molecule has 0 atom stereocenters. The van der Waals surface area contributed by atoms with Crippen molar-refractivity contribution in [2.45, 2.75) is 6.42 Å². The van der Waals surface area contributed by atoms with Gasteiger partial charge in [0.25, 0.3) is 0 Å². The number of ether oxygens (including phenoxy) is 3. The number of carbonyl (C=O) groups excluding carboxylic acids is 1. The summed E-state index contributed by atoms with van der Waals surface area (Å²) < 4.78 is 15.6. The van der Waals surface area contributed by atoms with Crippen molar-refractivity contribution in [2.75, 3.05) is 26.9 Å². The normalized spacial score (nSPS) is 13.4. The number of hydrogen-bond donors (Lipinski definition) is 0. The molecule has 0 aromatic heterocycles. The van der Waals surface area contributed by atoms with Gasteiger partial charge in [-0.3, -0.25) is 4.79 Å². The van der Waals surface area contributed by atoms with Crippen molar-refractivity contribution in [3.8, 4) is 11.5 Å².